The average molecular weight is 256 g/mol. The minimum atomic E-state index is -0.854. The van der Waals surface area contributed by atoms with Gasteiger partial charge in [-0.05, 0) is 45.7 Å². The second kappa shape index (κ2) is 7.36. The van der Waals surface area contributed by atoms with Crippen LogP contribution in [-0.4, -0.2) is 47.6 Å². The average Bonchev–Trinajstić information content (AvgIpc) is 2.30. The molecule has 1 amide bonds. The van der Waals surface area contributed by atoms with Crippen molar-refractivity contribution in [1.29, 1.82) is 0 Å². The third kappa shape index (κ3) is 4.64. The van der Waals surface area contributed by atoms with E-state index in [0.29, 0.717) is 18.9 Å². The lowest BCUT2D eigenvalue weighted by atomic mass is 9.95. The Bertz CT molecular complexity index is 288. The monoisotopic (exact) mass is 256 g/mol. The minimum absolute atomic E-state index is 0.0164. The van der Waals surface area contributed by atoms with Crippen LogP contribution < -0.4 is 5.32 Å². The fourth-order valence-electron chi connectivity index (χ4n) is 2.56. The van der Waals surface area contributed by atoms with Gasteiger partial charge in [-0.25, -0.2) is 0 Å². The lowest BCUT2D eigenvalue weighted by Crippen LogP contribution is -2.42. The van der Waals surface area contributed by atoms with Crippen molar-refractivity contribution in [2.75, 3.05) is 19.6 Å². The minimum Gasteiger partial charge on any atom is -0.481 e. The highest BCUT2D eigenvalue weighted by Crippen LogP contribution is 2.17. The number of rotatable bonds is 6. The molecule has 0 radical (unpaired) electrons. The van der Waals surface area contributed by atoms with Crippen molar-refractivity contribution in [3.63, 3.8) is 0 Å². The topological polar surface area (TPSA) is 69.6 Å². The molecular weight excluding hydrogens is 232 g/mol. The summed E-state index contributed by atoms with van der Waals surface area (Å²) in [5, 5.41) is 12.1. The number of hydrogen-bond acceptors (Lipinski definition) is 3. The molecule has 2 atom stereocenters. The number of nitrogens with zero attached hydrogens (tertiary/aromatic N) is 1. The summed E-state index contributed by atoms with van der Waals surface area (Å²) in [5.41, 5.74) is 0. The number of piperidine rings is 1. The molecule has 104 valence electrons. The molecule has 0 spiro atoms. The van der Waals surface area contributed by atoms with Crippen molar-refractivity contribution in [3.8, 4) is 0 Å². The third-order valence-corrected chi connectivity index (χ3v) is 3.53. The van der Waals surface area contributed by atoms with E-state index in [2.05, 4.69) is 5.32 Å². The van der Waals surface area contributed by atoms with Crippen molar-refractivity contribution < 1.29 is 14.7 Å². The molecule has 1 rings (SSSR count). The number of carboxylic acid groups (broad SMARTS) is 1. The summed E-state index contributed by atoms with van der Waals surface area (Å²) in [4.78, 5) is 24.5. The van der Waals surface area contributed by atoms with E-state index in [4.69, 9.17) is 5.11 Å². The number of amides is 1. The molecule has 18 heavy (non-hydrogen) atoms. The van der Waals surface area contributed by atoms with E-state index < -0.39 is 5.97 Å². The van der Waals surface area contributed by atoms with Crippen molar-refractivity contribution in [2.24, 2.45) is 5.92 Å². The van der Waals surface area contributed by atoms with Crippen LogP contribution in [0.3, 0.4) is 0 Å². The highest BCUT2D eigenvalue weighted by molar-refractivity contribution is 5.77. The summed E-state index contributed by atoms with van der Waals surface area (Å²) in [5.74, 6) is -0.370. The van der Waals surface area contributed by atoms with Crippen LogP contribution in [0.25, 0.3) is 0 Å². The van der Waals surface area contributed by atoms with Crippen molar-refractivity contribution in [1.82, 2.24) is 10.2 Å². The van der Waals surface area contributed by atoms with Gasteiger partial charge in [-0.15, -0.1) is 0 Å². The van der Waals surface area contributed by atoms with E-state index in [1.54, 1.807) is 11.8 Å². The quantitative estimate of drug-likeness (QED) is 0.746. The van der Waals surface area contributed by atoms with Gasteiger partial charge < -0.3 is 15.3 Å². The van der Waals surface area contributed by atoms with Crippen molar-refractivity contribution in [3.05, 3.63) is 0 Å². The Morgan fingerprint density at radius 2 is 2.22 bits per heavy atom. The van der Waals surface area contributed by atoms with Gasteiger partial charge in [0.2, 0.25) is 5.91 Å². The van der Waals surface area contributed by atoms with Crippen LogP contribution >= 0.6 is 0 Å². The maximum absolute atomic E-state index is 12.2. The number of carboxylic acids is 1. The molecule has 1 saturated heterocycles. The van der Waals surface area contributed by atoms with Crippen LogP contribution in [0.1, 0.15) is 39.5 Å². The van der Waals surface area contributed by atoms with E-state index in [1.165, 1.54) is 0 Å². The summed E-state index contributed by atoms with van der Waals surface area (Å²) in [6.45, 7) is 6.21. The first kappa shape index (κ1) is 15.0. The molecule has 1 fully saturated rings. The number of carbonyl (C=O) groups excluding carboxylic acids is 1. The van der Waals surface area contributed by atoms with Crippen LogP contribution in [0, 0.1) is 5.92 Å². The first-order chi connectivity index (χ1) is 8.54. The Labute approximate surface area is 109 Å². The highest BCUT2D eigenvalue weighted by atomic mass is 16.4. The summed E-state index contributed by atoms with van der Waals surface area (Å²) < 4.78 is 0. The van der Waals surface area contributed by atoms with E-state index in [1.807, 2.05) is 6.92 Å². The van der Waals surface area contributed by atoms with Gasteiger partial charge in [0.1, 0.15) is 0 Å². The molecule has 5 nitrogen and oxygen atoms in total. The molecule has 1 aliphatic rings. The molecule has 0 saturated carbocycles. The molecule has 0 aliphatic carbocycles. The Kier molecular flexibility index (Phi) is 6.12. The lowest BCUT2D eigenvalue weighted by molar-refractivity contribution is -0.140. The van der Waals surface area contributed by atoms with E-state index in [-0.39, 0.29) is 18.4 Å². The third-order valence-electron chi connectivity index (χ3n) is 3.53. The largest absolute Gasteiger partial charge is 0.481 e. The normalized spacial score (nSPS) is 21.3. The number of aliphatic carboxylic acids is 1. The first-order valence-electron chi connectivity index (χ1n) is 6.76. The van der Waals surface area contributed by atoms with Crippen LogP contribution in [0.4, 0.5) is 0 Å². The molecule has 1 heterocycles. The Hall–Kier alpha value is -1.10. The van der Waals surface area contributed by atoms with Gasteiger partial charge in [0.25, 0.3) is 0 Å². The first-order valence-corrected chi connectivity index (χ1v) is 6.76. The molecule has 0 bridgehead atoms. The molecule has 0 aromatic rings. The second-order valence-electron chi connectivity index (χ2n) is 5.04. The Morgan fingerprint density at radius 3 is 2.72 bits per heavy atom. The Balaban J connectivity index is 2.47. The summed E-state index contributed by atoms with van der Waals surface area (Å²) in [6, 6.07) is -0.225. The molecular formula is C13H24N2O3. The van der Waals surface area contributed by atoms with E-state index >= 15 is 0 Å². The second-order valence-corrected chi connectivity index (χ2v) is 5.04. The summed E-state index contributed by atoms with van der Waals surface area (Å²) in [7, 11) is 0. The van der Waals surface area contributed by atoms with Gasteiger partial charge in [-0.2, -0.15) is 0 Å². The molecule has 0 aromatic heterocycles. The lowest BCUT2D eigenvalue weighted by Gasteiger charge is -2.30. The van der Waals surface area contributed by atoms with Gasteiger partial charge >= 0.3 is 5.97 Å². The predicted octanol–water partition coefficient (Wildman–Crippen LogP) is 1.09. The van der Waals surface area contributed by atoms with Crippen molar-refractivity contribution in [2.45, 2.75) is 45.6 Å². The number of carbonyl (C=O) groups is 2. The maximum Gasteiger partial charge on any atom is 0.305 e. The van der Waals surface area contributed by atoms with Gasteiger partial charge in [0.15, 0.2) is 0 Å². The van der Waals surface area contributed by atoms with Crippen LogP contribution in [0.5, 0.6) is 0 Å². The van der Waals surface area contributed by atoms with Crippen LogP contribution in [-0.2, 0) is 9.59 Å². The van der Waals surface area contributed by atoms with Crippen LogP contribution in [0.15, 0.2) is 0 Å². The zero-order valence-corrected chi connectivity index (χ0v) is 11.3. The SMILES string of the molecule is CCN(C(=O)CC1CCCNC1)C(C)CC(=O)O. The van der Waals surface area contributed by atoms with Gasteiger partial charge in [0.05, 0.1) is 6.42 Å². The Morgan fingerprint density at radius 1 is 1.50 bits per heavy atom. The fraction of sp³-hybridized carbons (Fsp3) is 0.846. The fourth-order valence-corrected chi connectivity index (χ4v) is 2.56. The molecule has 5 heteroatoms. The zero-order valence-electron chi connectivity index (χ0n) is 11.3. The number of nitrogens with one attached hydrogen (secondary N) is 1. The highest BCUT2D eigenvalue weighted by Gasteiger charge is 2.24. The van der Waals surface area contributed by atoms with Gasteiger partial charge in [-0.1, -0.05) is 0 Å². The summed E-state index contributed by atoms with van der Waals surface area (Å²) in [6.07, 6.45) is 2.76. The van der Waals surface area contributed by atoms with E-state index in [9.17, 15) is 9.59 Å². The van der Waals surface area contributed by atoms with Crippen LogP contribution in [0.2, 0.25) is 0 Å². The molecule has 1 aliphatic heterocycles. The van der Waals surface area contributed by atoms with Gasteiger partial charge in [0, 0.05) is 19.0 Å². The summed E-state index contributed by atoms with van der Waals surface area (Å²) >= 11 is 0. The van der Waals surface area contributed by atoms with E-state index in [0.717, 1.165) is 25.9 Å². The number of hydrogen-bond donors (Lipinski definition) is 2. The van der Waals surface area contributed by atoms with Crippen molar-refractivity contribution >= 4 is 11.9 Å². The van der Waals surface area contributed by atoms with Gasteiger partial charge in [-0.3, -0.25) is 9.59 Å². The molecule has 2 unspecified atom stereocenters. The predicted molar refractivity (Wildman–Crippen MR) is 69.3 cm³/mol. The molecule has 0 aromatic carbocycles. The molecule has 2 N–H and O–H groups in total. The zero-order chi connectivity index (χ0) is 13.5. The maximum atomic E-state index is 12.2. The smallest absolute Gasteiger partial charge is 0.305 e. The standard InChI is InChI=1S/C13H24N2O3/c1-3-15(10(2)7-13(17)18)12(16)8-11-5-4-6-14-9-11/h10-11,14H,3-9H2,1-2H3,(H,17,18).